The Labute approximate surface area is 143 Å². The molecule has 0 amide bonds. The highest BCUT2D eigenvalue weighted by Crippen LogP contribution is 2.25. The predicted molar refractivity (Wildman–Crippen MR) is 88.9 cm³/mol. The van der Waals surface area contributed by atoms with Gasteiger partial charge in [0.2, 0.25) is 10.0 Å². The van der Waals surface area contributed by atoms with Crippen molar-refractivity contribution in [1.29, 1.82) is 0 Å². The number of halogens is 2. The van der Waals surface area contributed by atoms with E-state index in [0.29, 0.717) is 20.4 Å². The summed E-state index contributed by atoms with van der Waals surface area (Å²) in [6.07, 6.45) is 1.79. The SMILES string of the molecule is O=S(=O)(NCc1nnc2ccccn12)c1cc(Br)ccc1Br. The van der Waals surface area contributed by atoms with E-state index in [-0.39, 0.29) is 11.4 Å². The Balaban J connectivity index is 1.88. The quantitative estimate of drug-likeness (QED) is 0.669. The molecule has 0 radical (unpaired) electrons. The average molecular weight is 446 g/mol. The molecule has 3 rings (SSSR count). The van der Waals surface area contributed by atoms with E-state index in [1.165, 1.54) is 6.07 Å². The highest BCUT2D eigenvalue weighted by Gasteiger charge is 2.19. The number of pyridine rings is 1. The van der Waals surface area contributed by atoms with Crippen LogP contribution in [-0.2, 0) is 16.6 Å². The van der Waals surface area contributed by atoms with Gasteiger partial charge in [0.25, 0.3) is 0 Å². The summed E-state index contributed by atoms with van der Waals surface area (Å²) in [6.45, 7) is 0.0481. The minimum atomic E-state index is -3.67. The van der Waals surface area contributed by atoms with Gasteiger partial charge in [0, 0.05) is 15.1 Å². The third-order valence-corrected chi connectivity index (χ3v) is 5.88. The third kappa shape index (κ3) is 3.07. The number of nitrogens with zero attached hydrogens (tertiary/aromatic N) is 3. The van der Waals surface area contributed by atoms with Crippen molar-refractivity contribution in [3.8, 4) is 0 Å². The Morgan fingerprint density at radius 1 is 1.14 bits per heavy atom. The highest BCUT2D eigenvalue weighted by atomic mass is 79.9. The van der Waals surface area contributed by atoms with E-state index in [4.69, 9.17) is 0 Å². The molecule has 0 bridgehead atoms. The number of hydrogen-bond donors (Lipinski definition) is 1. The standard InChI is InChI=1S/C13H10Br2N4O2S/c14-9-4-5-10(15)11(7-9)22(20,21)16-8-13-18-17-12-3-1-2-6-19(12)13/h1-7,16H,8H2. The molecule has 114 valence electrons. The van der Waals surface area contributed by atoms with Gasteiger partial charge in [-0.25, -0.2) is 13.1 Å². The summed E-state index contributed by atoms with van der Waals surface area (Å²) < 4.78 is 30.3. The van der Waals surface area contributed by atoms with Gasteiger partial charge in [-0.3, -0.25) is 4.40 Å². The highest BCUT2D eigenvalue weighted by molar-refractivity contribution is 9.11. The van der Waals surface area contributed by atoms with Crippen LogP contribution in [-0.4, -0.2) is 23.0 Å². The molecular weight excluding hydrogens is 436 g/mol. The third-order valence-electron chi connectivity index (χ3n) is 2.99. The Bertz CT molecular complexity index is 940. The minimum Gasteiger partial charge on any atom is -0.285 e. The second-order valence-corrected chi connectivity index (χ2v) is 7.95. The smallest absolute Gasteiger partial charge is 0.242 e. The van der Waals surface area contributed by atoms with Gasteiger partial charge in [0.15, 0.2) is 11.5 Å². The Kier molecular flexibility index (Phi) is 4.31. The summed E-state index contributed by atoms with van der Waals surface area (Å²) in [5, 5.41) is 7.98. The zero-order chi connectivity index (χ0) is 15.7. The molecule has 0 atom stereocenters. The molecule has 1 N–H and O–H groups in total. The fourth-order valence-electron chi connectivity index (χ4n) is 1.93. The van der Waals surface area contributed by atoms with Crippen molar-refractivity contribution in [2.24, 2.45) is 0 Å². The van der Waals surface area contributed by atoms with Gasteiger partial charge in [0.1, 0.15) is 0 Å². The van der Waals surface area contributed by atoms with Crippen molar-refractivity contribution in [1.82, 2.24) is 19.3 Å². The van der Waals surface area contributed by atoms with Crippen molar-refractivity contribution in [2.75, 3.05) is 0 Å². The van der Waals surface area contributed by atoms with E-state index in [2.05, 4.69) is 46.8 Å². The Hall–Kier alpha value is -1.29. The molecule has 0 saturated carbocycles. The minimum absolute atomic E-state index is 0.0481. The maximum Gasteiger partial charge on any atom is 0.242 e. The molecule has 9 heteroatoms. The average Bonchev–Trinajstić information content (AvgIpc) is 2.91. The normalized spacial score (nSPS) is 11.9. The van der Waals surface area contributed by atoms with Gasteiger partial charge in [-0.15, -0.1) is 10.2 Å². The van der Waals surface area contributed by atoms with E-state index >= 15 is 0 Å². The van der Waals surface area contributed by atoms with E-state index in [1.54, 1.807) is 28.8 Å². The fraction of sp³-hybridized carbons (Fsp3) is 0.0769. The lowest BCUT2D eigenvalue weighted by Gasteiger charge is -2.08. The molecule has 0 unspecified atom stereocenters. The Morgan fingerprint density at radius 3 is 2.77 bits per heavy atom. The van der Waals surface area contributed by atoms with Crippen molar-refractivity contribution in [3.63, 3.8) is 0 Å². The van der Waals surface area contributed by atoms with Crippen LogP contribution in [0.2, 0.25) is 0 Å². The fourth-order valence-corrected chi connectivity index (χ4v) is 4.41. The van der Waals surface area contributed by atoms with Crippen molar-refractivity contribution >= 4 is 47.5 Å². The van der Waals surface area contributed by atoms with Crippen LogP contribution in [0.5, 0.6) is 0 Å². The van der Waals surface area contributed by atoms with Gasteiger partial charge in [-0.2, -0.15) is 0 Å². The van der Waals surface area contributed by atoms with Crippen molar-refractivity contribution in [2.45, 2.75) is 11.4 Å². The molecule has 6 nitrogen and oxygen atoms in total. The molecule has 0 fully saturated rings. The molecular formula is C13H10Br2N4O2S. The van der Waals surface area contributed by atoms with E-state index in [0.717, 1.165) is 0 Å². The first-order chi connectivity index (χ1) is 10.5. The summed E-state index contributed by atoms with van der Waals surface area (Å²) in [5.74, 6) is 0.519. The van der Waals surface area contributed by atoms with E-state index in [1.807, 2.05) is 12.1 Å². The second kappa shape index (κ2) is 6.07. The van der Waals surface area contributed by atoms with Gasteiger partial charge < -0.3 is 0 Å². The molecule has 2 heterocycles. The topological polar surface area (TPSA) is 76.4 Å². The van der Waals surface area contributed by atoms with Crippen LogP contribution in [0.15, 0.2) is 56.4 Å². The maximum atomic E-state index is 12.4. The molecule has 0 spiro atoms. The Morgan fingerprint density at radius 2 is 1.95 bits per heavy atom. The molecule has 3 aromatic rings. The summed E-state index contributed by atoms with van der Waals surface area (Å²) in [4.78, 5) is 0.163. The van der Waals surface area contributed by atoms with Gasteiger partial charge >= 0.3 is 0 Å². The number of rotatable bonds is 4. The van der Waals surface area contributed by atoms with Crippen LogP contribution in [0.3, 0.4) is 0 Å². The van der Waals surface area contributed by atoms with Crippen molar-refractivity contribution < 1.29 is 8.42 Å². The number of benzene rings is 1. The number of fused-ring (bicyclic) bond motifs is 1. The number of aromatic nitrogens is 3. The number of nitrogens with one attached hydrogen (secondary N) is 1. The predicted octanol–water partition coefficient (Wildman–Crippen LogP) is 2.73. The lowest BCUT2D eigenvalue weighted by Crippen LogP contribution is -2.24. The van der Waals surface area contributed by atoms with E-state index < -0.39 is 10.0 Å². The molecule has 0 aliphatic rings. The number of hydrogen-bond acceptors (Lipinski definition) is 4. The first-order valence-electron chi connectivity index (χ1n) is 6.21. The zero-order valence-corrected chi connectivity index (χ0v) is 15.1. The van der Waals surface area contributed by atoms with Gasteiger partial charge in [-0.05, 0) is 46.3 Å². The van der Waals surface area contributed by atoms with E-state index in [9.17, 15) is 8.42 Å². The maximum absolute atomic E-state index is 12.4. The summed E-state index contributed by atoms with van der Waals surface area (Å²) in [6, 6.07) is 10.4. The lowest BCUT2D eigenvalue weighted by atomic mass is 10.4. The largest absolute Gasteiger partial charge is 0.285 e. The van der Waals surface area contributed by atoms with Crippen LogP contribution in [0.1, 0.15) is 5.82 Å². The first kappa shape index (κ1) is 15.6. The summed E-state index contributed by atoms with van der Waals surface area (Å²) in [7, 11) is -3.67. The molecule has 0 saturated heterocycles. The van der Waals surface area contributed by atoms with Gasteiger partial charge in [0.05, 0.1) is 11.4 Å². The van der Waals surface area contributed by atoms with Crippen LogP contribution in [0, 0.1) is 0 Å². The molecule has 0 aliphatic heterocycles. The number of sulfonamides is 1. The van der Waals surface area contributed by atoms with Crippen LogP contribution >= 0.6 is 31.9 Å². The van der Waals surface area contributed by atoms with Crippen LogP contribution < -0.4 is 4.72 Å². The molecule has 0 aliphatic carbocycles. The zero-order valence-electron chi connectivity index (χ0n) is 11.1. The molecule has 2 aromatic heterocycles. The lowest BCUT2D eigenvalue weighted by molar-refractivity contribution is 0.578. The second-order valence-electron chi connectivity index (χ2n) is 4.44. The van der Waals surface area contributed by atoms with Crippen LogP contribution in [0.4, 0.5) is 0 Å². The van der Waals surface area contributed by atoms with Crippen molar-refractivity contribution in [3.05, 3.63) is 57.4 Å². The molecule has 22 heavy (non-hydrogen) atoms. The first-order valence-corrected chi connectivity index (χ1v) is 9.28. The summed E-state index contributed by atoms with van der Waals surface area (Å²) >= 11 is 6.52. The summed E-state index contributed by atoms with van der Waals surface area (Å²) in [5.41, 5.74) is 0.667. The van der Waals surface area contributed by atoms with Crippen LogP contribution in [0.25, 0.3) is 5.65 Å². The monoisotopic (exact) mass is 444 g/mol. The van der Waals surface area contributed by atoms with Gasteiger partial charge in [-0.1, -0.05) is 22.0 Å². The molecule has 1 aromatic carbocycles.